The van der Waals surface area contributed by atoms with Crippen LogP contribution >= 0.6 is 0 Å². The fourth-order valence-corrected chi connectivity index (χ4v) is 3.55. The van der Waals surface area contributed by atoms with Gasteiger partial charge in [0.1, 0.15) is 0 Å². The zero-order valence-electron chi connectivity index (χ0n) is 12.9. The first-order valence-electron chi connectivity index (χ1n) is 7.98. The zero-order valence-corrected chi connectivity index (χ0v) is 12.9. The molecule has 0 amide bonds. The van der Waals surface area contributed by atoms with E-state index in [1.165, 1.54) is 71.4 Å². The number of nitrogens with zero attached hydrogens (tertiary/aromatic N) is 3. The van der Waals surface area contributed by atoms with Crippen LogP contribution in [0.5, 0.6) is 0 Å². The topological polar surface area (TPSA) is 35.7 Å². The molecule has 0 bridgehead atoms. The third-order valence-electron chi connectivity index (χ3n) is 5.32. The Morgan fingerprint density at radius 3 is 2.26 bits per heavy atom. The highest BCUT2D eigenvalue weighted by molar-refractivity contribution is 4.93. The summed E-state index contributed by atoms with van der Waals surface area (Å²) in [5.74, 6) is 0. The first-order valence-corrected chi connectivity index (χ1v) is 7.98. The van der Waals surface area contributed by atoms with Gasteiger partial charge in [-0.05, 0) is 26.9 Å². The Bertz CT molecular complexity index is 255. The van der Waals surface area contributed by atoms with Crippen molar-refractivity contribution in [2.45, 2.75) is 37.6 Å². The average Bonchev–Trinajstić information content (AvgIpc) is 2.47. The van der Waals surface area contributed by atoms with E-state index in [1.54, 1.807) is 0 Å². The monoisotopic (exact) mass is 268 g/mol. The van der Waals surface area contributed by atoms with E-state index in [-0.39, 0.29) is 0 Å². The minimum Gasteiger partial charge on any atom is -0.329 e. The summed E-state index contributed by atoms with van der Waals surface area (Å²) in [6, 6.07) is 0. The van der Waals surface area contributed by atoms with E-state index < -0.39 is 0 Å². The number of likely N-dealkylation sites (N-methyl/N-ethyl adjacent to an activating group) is 2. The van der Waals surface area contributed by atoms with Crippen molar-refractivity contribution in [3.8, 4) is 0 Å². The molecular formula is C15H32N4. The Morgan fingerprint density at radius 1 is 1.05 bits per heavy atom. The van der Waals surface area contributed by atoms with Gasteiger partial charge in [-0.3, -0.25) is 9.80 Å². The summed E-state index contributed by atoms with van der Waals surface area (Å²) in [6.45, 7) is 8.07. The molecule has 4 nitrogen and oxygen atoms in total. The average molecular weight is 268 g/mol. The molecule has 0 radical (unpaired) electrons. The summed E-state index contributed by atoms with van der Waals surface area (Å²) in [4.78, 5) is 7.58. The molecular weight excluding hydrogens is 236 g/mol. The van der Waals surface area contributed by atoms with Crippen molar-refractivity contribution in [2.24, 2.45) is 5.73 Å². The van der Waals surface area contributed by atoms with Gasteiger partial charge in [-0.1, -0.05) is 19.3 Å². The number of piperazine rings is 1. The van der Waals surface area contributed by atoms with E-state index in [0.29, 0.717) is 5.54 Å². The molecule has 2 rings (SSSR count). The van der Waals surface area contributed by atoms with Crippen LogP contribution in [0.4, 0.5) is 0 Å². The van der Waals surface area contributed by atoms with Crippen LogP contribution in [-0.2, 0) is 0 Å². The van der Waals surface area contributed by atoms with Gasteiger partial charge >= 0.3 is 0 Å². The predicted molar refractivity (Wildman–Crippen MR) is 81.4 cm³/mol. The predicted octanol–water partition coefficient (Wildman–Crippen LogP) is 0.827. The second-order valence-electron chi connectivity index (χ2n) is 6.56. The summed E-state index contributed by atoms with van der Waals surface area (Å²) in [5.41, 5.74) is 6.40. The molecule has 0 unspecified atom stereocenters. The summed E-state index contributed by atoms with van der Waals surface area (Å²) in [7, 11) is 4.50. The maximum absolute atomic E-state index is 6.10. The molecule has 1 aliphatic heterocycles. The molecule has 1 heterocycles. The Morgan fingerprint density at radius 2 is 1.68 bits per heavy atom. The van der Waals surface area contributed by atoms with Crippen molar-refractivity contribution in [3.05, 3.63) is 0 Å². The van der Waals surface area contributed by atoms with Crippen LogP contribution in [-0.4, -0.2) is 80.1 Å². The smallest absolute Gasteiger partial charge is 0.0329 e. The molecule has 2 N–H and O–H groups in total. The Hall–Kier alpha value is -0.160. The lowest BCUT2D eigenvalue weighted by atomic mass is 9.80. The van der Waals surface area contributed by atoms with Crippen molar-refractivity contribution in [1.82, 2.24) is 14.7 Å². The molecule has 4 heteroatoms. The van der Waals surface area contributed by atoms with Crippen molar-refractivity contribution in [1.29, 1.82) is 0 Å². The first-order chi connectivity index (χ1) is 9.16. The third kappa shape index (κ3) is 3.91. The van der Waals surface area contributed by atoms with Crippen LogP contribution in [0.1, 0.15) is 32.1 Å². The molecule has 1 saturated carbocycles. The highest BCUT2D eigenvalue weighted by Crippen LogP contribution is 2.31. The fraction of sp³-hybridized carbons (Fsp3) is 1.00. The van der Waals surface area contributed by atoms with Crippen molar-refractivity contribution in [2.75, 3.05) is 59.9 Å². The van der Waals surface area contributed by atoms with Gasteiger partial charge in [-0.2, -0.15) is 0 Å². The lowest BCUT2D eigenvalue weighted by Crippen LogP contribution is -2.55. The fourth-order valence-electron chi connectivity index (χ4n) is 3.55. The summed E-state index contributed by atoms with van der Waals surface area (Å²) in [5, 5.41) is 0. The Kier molecular flexibility index (Phi) is 5.63. The molecule has 112 valence electrons. The number of hydrogen-bond acceptors (Lipinski definition) is 4. The van der Waals surface area contributed by atoms with Crippen LogP contribution in [0.3, 0.4) is 0 Å². The van der Waals surface area contributed by atoms with E-state index in [2.05, 4.69) is 28.8 Å². The van der Waals surface area contributed by atoms with E-state index >= 15 is 0 Å². The molecule has 1 aliphatic carbocycles. The minimum absolute atomic E-state index is 0.296. The van der Waals surface area contributed by atoms with Gasteiger partial charge in [0, 0.05) is 51.4 Å². The van der Waals surface area contributed by atoms with Crippen LogP contribution in [0.2, 0.25) is 0 Å². The molecule has 0 aromatic heterocycles. The maximum atomic E-state index is 6.10. The van der Waals surface area contributed by atoms with Gasteiger partial charge in [-0.25, -0.2) is 0 Å². The molecule has 1 saturated heterocycles. The Balaban J connectivity index is 1.77. The number of nitrogens with two attached hydrogens (primary N) is 1. The Labute approximate surface area is 118 Å². The first kappa shape index (κ1) is 15.2. The summed E-state index contributed by atoms with van der Waals surface area (Å²) in [6.07, 6.45) is 6.70. The van der Waals surface area contributed by atoms with E-state index in [1.807, 2.05) is 0 Å². The third-order valence-corrected chi connectivity index (χ3v) is 5.32. The lowest BCUT2D eigenvalue weighted by molar-refractivity contribution is 0.0630. The second kappa shape index (κ2) is 7.02. The molecule has 2 fully saturated rings. The van der Waals surface area contributed by atoms with Gasteiger partial charge in [0.2, 0.25) is 0 Å². The molecule has 2 aliphatic rings. The highest BCUT2D eigenvalue weighted by Gasteiger charge is 2.34. The van der Waals surface area contributed by atoms with Crippen LogP contribution in [0.25, 0.3) is 0 Å². The van der Waals surface area contributed by atoms with Crippen LogP contribution in [0, 0.1) is 0 Å². The largest absolute Gasteiger partial charge is 0.329 e. The molecule has 0 atom stereocenters. The molecule has 0 spiro atoms. The molecule has 0 aromatic carbocycles. The highest BCUT2D eigenvalue weighted by atomic mass is 15.3. The molecule has 0 aromatic rings. The van der Waals surface area contributed by atoms with Crippen LogP contribution in [0.15, 0.2) is 0 Å². The zero-order chi connectivity index (χ0) is 13.7. The van der Waals surface area contributed by atoms with Crippen LogP contribution < -0.4 is 5.73 Å². The standard InChI is InChI=1S/C15H32N4/c1-17-8-11-19(12-9-17)13-10-18(2)15(14-16)6-4-3-5-7-15/h3-14,16H2,1-2H3. The lowest BCUT2D eigenvalue weighted by Gasteiger charge is -2.45. The second-order valence-corrected chi connectivity index (χ2v) is 6.56. The van der Waals surface area contributed by atoms with E-state index in [4.69, 9.17) is 5.73 Å². The van der Waals surface area contributed by atoms with E-state index in [9.17, 15) is 0 Å². The van der Waals surface area contributed by atoms with Crippen molar-refractivity contribution in [3.63, 3.8) is 0 Å². The SMILES string of the molecule is CN1CCN(CCN(C)C2(CN)CCCCC2)CC1. The van der Waals surface area contributed by atoms with E-state index in [0.717, 1.165) is 6.54 Å². The van der Waals surface area contributed by atoms with Gasteiger partial charge in [-0.15, -0.1) is 0 Å². The van der Waals surface area contributed by atoms with Gasteiger partial charge in [0.25, 0.3) is 0 Å². The summed E-state index contributed by atoms with van der Waals surface area (Å²) < 4.78 is 0. The normalized spacial score (nSPS) is 25.9. The van der Waals surface area contributed by atoms with Crippen molar-refractivity contribution < 1.29 is 0 Å². The van der Waals surface area contributed by atoms with Gasteiger partial charge < -0.3 is 10.6 Å². The minimum atomic E-state index is 0.296. The maximum Gasteiger partial charge on any atom is 0.0329 e. The van der Waals surface area contributed by atoms with Gasteiger partial charge in [0.05, 0.1) is 0 Å². The number of hydrogen-bond donors (Lipinski definition) is 1. The van der Waals surface area contributed by atoms with Crippen molar-refractivity contribution >= 4 is 0 Å². The quantitative estimate of drug-likeness (QED) is 0.801. The number of rotatable bonds is 5. The van der Waals surface area contributed by atoms with Gasteiger partial charge in [0.15, 0.2) is 0 Å². The molecule has 19 heavy (non-hydrogen) atoms. The summed E-state index contributed by atoms with van der Waals surface area (Å²) >= 11 is 0.